The predicted octanol–water partition coefficient (Wildman–Crippen LogP) is 0.684. The Morgan fingerprint density at radius 2 is 1.31 bits per heavy atom. The second kappa shape index (κ2) is 5.85. The molecule has 0 bridgehead atoms. The van der Waals surface area contributed by atoms with E-state index in [4.69, 9.17) is 0 Å². The zero-order valence-corrected chi connectivity index (χ0v) is 9.20. The molecule has 76 valence electrons. The van der Waals surface area contributed by atoms with Gasteiger partial charge in [-0.25, -0.2) is 0 Å². The Balaban J connectivity index is 3.70. The van der Waals surface area contributed by atoms with E-state index in [1.165, 1.54) is 25.6 Å². The fourth-order valence-electron chi connectivity index (χ4n) is 0.947. The fourth-order valence-corrected chi connectivity index (χ4v) is 2.03. The lowest BCUT2D eigenvalue weighted by Gasteiger charge is -2.17. The highest BCUT2D eigenvalue weighted by Crippen LogP contribution is 2.12. The van der Waals surface area contributed by atoms with Crippen LogP contribution >= 0.6 is 11.8 Å². The van der Waals surface area contributed by atoms with Crippen LogP contribution in [0.25, 0.3) is 0 Å². The third-order valence-corrected chi connectivity index (χ3v) is 2.27. The summed E-state index contributed by atoms with van der Waals surface area (Å²) >= 11 is 1.49. The minimum atomic E-state index is -0.0602. The van der Waals surface area contributed by atoms with Crippen LogP contribution in [0.1, 0.15) is 27.7 Å². The van der Waals surface area contributed by atoms with Gasteiger partial charge in [0.1, 0.15) is 0 Å². The fraction of sp³-hybridized carbons (Fsp3) is 0.750. The van der Waals surface area contributed by atoms with Crippen LogP contribution < -0.4 is 10.6 Å². The van der Waals surface area contributed by atoms with E-state index in [0.29, 0.717) is 0 Å². The lowest BCUT2D eigenvalue weighted by atomic mass is 10.6. The van der Waals surface area contributed by atoms with Gasteiger partial charge in [-0.1, -0.05) is 0 Å². The number of carbonyl (C=O) groups is 2. The maximum Gasteiger partial charge on any atom is 0.217 e. The summed E-state index contributed by atoms with van der Waals surface area (Å²) in [5.74, 6) is -0.120. The molecule has 0 radical (unpaired) electrons. The molecule has 0 heterocycles. The summed E-state index contributed by atoms with van der Waals surface area (Å²) in [6.45, 7) is 6.70. The summed E-state index contributed by atoms with van der Waals surface area (Å²) in [4.78, 5) is 21.3. The lowest BCUT2D eigenvalue weighted by Crippen LogP contribution is -2.34. The van der Waals surface area contributed by atoms with Gasteiger partial charge >= 0.3 is 0 Å². The van der Waals surface area contributed by atoms with Crippen LogP contribution in [0, 0.1) is 0 Å². The third kappa shape index (κ3) is 7.64. The van der Waals surface area contributed by atoms with Gasteiger partial charge in [0, 0.05) is 13.8 Å². The Hall–Kier alpha value is -0.710. The quantitative estimate of drug-likeness (QED) is 0.662. The summed E-state index contributed by atoms with van der Waals surface area (Å²) in [5.41, 5.74) is 0. The first-order chi connectivity index (χ1) is 5.91. The Morgan fingerprint density at radius 1 is 1.00 bits per heavy atom. The average molecular weight is 204 g/mol. The van der Waals surface area contributed by atoms with E-state index >= 15 is 0 Å². The second-order valence-corrected chi connectivity index (χ2v) is 4.51. The van der Waals surface area contributed by atoms with Gasteiger partial charge in [0.2, 0.25) is 11.8 Å². The molecule has 0 rings (SSSR count). The monoisotopic (exact) mass is 204 g/mol. The van der Waals surface area contributed by atoms with Crippen molar-refractivity contribution in [1.29, 1.82) is 0 Å². The number of thioether (sulfide) groups is 1. The molecule has 2 N–H and O–H groups in total. The van der Waals surface area contributed by atoms with Crippen LogP contribution in [0.3, 0.4) is 0 Å². The van der Waals surface area contributed by atoms with Gasteiger partial charge in [0.05, 0.1) is 10.7 Å². The van der Waals surface area contributed by atoms with Crippen LogP contribution in [0.5, 0.6) is 0 Å². The Bertz CT molecular complexity index is 177. The van der Waals surface area contributed by atoms with Crippen LogP contribution in [-0.2, 0) is 9.59 Å². The zero-order valence-electron chi connectivity index (χ0n) is 8.38. The molecule has 5 heteroatoms. The molecule has 0 spiro atoms. The first-order valence-corrected chi connectivity index (χ1v) is 5.05. The van der Waals surface area contributed by atoms with E-state index < -0.39 is 0 Å². The molecule has 0 aromatic heterocycles. The molecule has 0 fully saturated rings. The first-order valence-electron chi connectivity index (χ1n) is 4.11. The van der Waals surface area contributed by atoms with E-state index in [1.54, 1.807) is 0 Å². The van der Waals surface area contributed by atoms with E-state index in [0.717, 1.165) is 0 Å². The average Bonchev–Trinajstić information content (AvgIpc) is 1.80. The topological polar surface area (TPSA) is 58.2 Å². The molecule has 4 nitrogen and oxygen atoms in total. The van der Waals surface area contributed by atoms with Gasteiger partial charge in [-0.2, -0.15) is 0 Å². The van der Waals surface area contributed by atoms with Crippen LogP contribution in [0.15, 0.2) is 0 Å². The van der Waals surface area contributed by atoms with Crippen molar-refractivity contribution in [1.82, 2.24) is 10.6 Å². The first kappa shape index (κ1) is 12.3. The summed E-state index contributed by atoms with van der Waals surface area (Å²) in [6, 6.07) is 0. The van der Waals surface area contributed by atoms with E-state index in [9.17, 15) is 9.59 Å². The number of hydrogen-bond donors (Lipinski definition) is 2. The highest BCUT2D eigenvalue weighted by atomic mass is 32.2. The normalized spacial score (nSPS) is 14.5. The standard InChI is InChI=1S/C8H16N2O2S/c1-5(11)9-7(3)13-8(4)10-6(2)12/h7-8H,1-4H3,(H,9,11)(H,10,12). The van der Waals surface area contributed by atoms with E-state index in [2.05, 4.69) is 10.6 Å². The molecule has 0 aliphatic rings. The van der Waals surface area contributed by atoms with Crippen LogP contribution in [-0.4, -0.2) is 22.6 Å². The van der Waals surface area contributed by atoms with E-state index in [-0.39, 0.29) is 22.6 Å². The Labute approximate surface area is 82.8 Å². The smallest absolute Gasteiger partial charge is 0.217 e. The summed E-state index contributed by atoms with van der Waals surface area (Å²) < 4.78 is 0. The molecule has 2 amide bonds. The molecule has 0 saturated heterocycles. The number of carbonyl (C=O) groups excluding carboxylic acids is 2. The van der Waals surface area contributed by atoms with Gasteiger partial charge in [-0.05, 0) is 13.8 Å². The molecule has 13 heavy (non-hydrogen) atoms. The predicted molar refractivity (Wildman–Crippen MR) is 54.1 cm³/mol. The van der Waals surface area contributed by atoms with Gasteiger partial charge < -0.3 is 10.6 Å². The number of hydrogen-bond acceptors (Lipinski definition) is 3. The minimum absolute atomic E-state index is 0.0133. The summed E-state index contributed by atoms with van der Waals surface area (Å²) in [6.07, 6.45) is 0. The largest absolute Gasteiger partial charge is 0.345 e. The molecule has 2 unspecified atom stereocenters. The van der Waals surface area contributed by atoms with Gasteiger partial charge in [-0.15, -0.1) is 11.8 Å². The summed E-state index contributed by atoms with van der Waals surface area (Å²) in [7, 11) is 0. The maximum atomic E-state index is 10.6. The van der Waals surface area contributed by atoms with Crippen molar-refractivity contribution in [3.05, 3.63) is 0 Å². The van der Waals surface area contributed by atoms with Crippen molar-refractivity contribution in [3.8, 4) is 0 Å². The molecule has 2 atom stereocenters. The van der Waals surface area contributed by atoms with Crippen molar-refractivity contribution < 1.29 is 9.59 Å². The third-order valence-electron chi connectivity index (χ3n) is 1.22. The van der Waals surface area contributed by atoms with Gasteiger partial charge in [0.15, 0.2) is 0 Å². The molecular formula is C8H16N2O2S. The molecule has 0 aliphatic carbocycles. The Morgan fingerprint density at radius 3 is 1.54 bits per heavy atom. The molecule has 0 saturated carbocycles. The lowest BCUT2D eigenvalue weighted by molar-refractivity contribution is -0.119. The molecule has 0 aliphatic heterocycles. The van der Waals surface area contributed by atoms with Crippen molar-refractivity contribution in [2.24, 2.45) is 0 Å². The van der Waals surface area contributed by atoms with Gasteiger partial charge in [-0.3, -0.25) is 9.59 Å². The van der Waals surface area contributed by atoms with E-state index in [1.807, 2.05) is 13.8 Å². The van der Waals surface area contributed by atoms with Crippen LogP contribution in [0.4, 0.5) is 0 Å². The molecular weight excluding hydrogens is 188 g/mol. The number of rotatable bonds is 4. The van der Waals surface area contributed by atoms with Crippen molar-refractivity contribution in [2.75, 3.05) is 0 Å². The zero-order chi connectivity index (χ0) is 10.4. The minimum Gasteiger partial charge on any atom is -0.345 e. The van der Waals surface area contributed by atoms with Crippen molar-refractivity contribution in [3.63, 3.8) is 0 Å². The maximum absolute atomic E-state index is 10.6. The van der Waals surface area contributed by atoms with Crippen molar-refractivity contribution in [2.45, 2.75) is 38.4 Å². The summed E-state index contributed by atoms with van der Waals surface area (Å²) in [5, 5.41) is 5.47. The van der Waals surface area contributed by atoms with Gasteiger partial charge in [0.25, 0.3) is 0 Å². The highest BCUT2D eigenvalue weighted by Gasteiger charge is 2.09. The number of nitrogens with one attached hydrogen (secondary N) is 2. The highest BCUT2D eigenvalue weighted by molar-refractivity contribution is 8.00. The van der Waals surface area contributed by atoms with Crippen LogP contribution in [0.2, 0.25) is 0 Å². The number of amides is 2. The SMILES string of the molecule is CC(=O)NC(C)SC(C)NC(C)=O. The Kier molecular flexibility index (Phi) is 5.53. The second-order valence-electron chi connectivity index (χ2n) is 2.82. The molecule has 0 aromatic rings. The molecule has 0 aromatic carbocycles. The van der Waals surface area contributed by atoms with Crippen molar-refractivity contribution >= 4 is 23.6 Å².